The second-order valence-electron chi connectivity index (χ2n) is 8.87. The summed E-state index contributed by atoms with van der Waals surface area (Å²) in [5, 5.41) is 12.9. The van der Waals surface area contributed by atoms with Gasteiger partial charge in [0.05, 0.1) is 6.04 Å². The Bertz CT molecular complexity index is 1330. The normalized spacial score (nSPS) is 22.4. The van der Waals surface area contributed by atoms with Gasteiger partial charge in [0.15, 0.2) is 11.4 Å². The fourth-order valence-corrected chi connectivity index (χ4v) is 7.05. The molecule has 2 atom stereocenters. The summed E-state index contributed by atoms with van der Waals surface area (Å²) in [4.78, 5) is 28.8. The molecule has 1 fully saturated rings. The zero-order valence-electron chi connectivity index (χ0n) is 17.3. The van der Waals surface area contributed by atoms with Crippen LogP contribution in [0.3, 0.4) is 0 Å². The van der Waals surface area contributed by atoms with Crippen molar-refractivity contribution >= 4 is 17.7 Å². The molecule has 0 bridgehead atoms. The van der Waals surface area contributed by atoms with Gasteiger partial charge in [0.1, 0.15) is 6.17 Å². The van der Waals surface area contributed by atoms with E-state index in [9.17, 15) is 14.7 Å². The number of rotatable bonds is 1. The Hall–Kier alpha value is -3.19. The van der Waals surface area contributed by atoms with Gasteiger partial charge in [-0.2, -0.15) is 0 Å². The van der Waals surface area contributed by atoms with Crippen LogP contribution in [-0.4, -0.2) is 33.3 Å². The predicted octanol–water partition coefficient (Wildman–Crippen LogP) is 3.83. The highest BCUT2D eigenvalue weighted by molar-refractivity contribution is 7.98. The van der Waals surface area contributed by atoms with Crippen LogP contribution in [0.25, 0.3) is 11.1 Å². The minimum atomic E-state index is -0.522. The van der Waals surface area contributed by atoms with Crippen molar-refractivity contribution in [1.82, 2.24) is 9.58 Å². The molecule has 1 N–H and O–H groups in total. The molecule has 1 saturated heterocycles. The molecular weight excluding hydrogens is 422 g/mol. The lowest BCUT2D eigenvalue weighted by molar-refractivity contribution is 0.0464. The van der Waals surface area contributed by atoms with Crippen molar-refractivity contribution in [3.05, 3.63) is 81.3 Å². The van der Waals surface area contributed by atoms with E-state index in [1.807, 2.05) is 16.7 Å². The van der Waals surface area contributed by atoms with Gasteiger partial charge in [0, 0.05) is 35.0 Å². The zero-order valence-corrected chi connectivity index (χ0v) is 18.1. The fraction of sp³-hybridized carbons (Fsp3) is 0.280. The third-order valence-corrected chi connectivity index (χ3v) is 8.38. The first-order chi connectivity index (χ1) is 15.6. The molecule has 7 rings (SSSR count). The molecule has 0 spiro atoms. The second kappa shape index (κ2) is 6.42. The predicted molar refractivity (Wildman–Crippen MR) is 123 cm³/mol. The van der Waals surface area contributed by atoms with Crippen LogP contribution in [-0.2, 0) is 5.75 Å². The summed E-state index contributed by atoms with van der Waals surface area (Å²) >= 11 is 1.87. The van der Waals surface area contributed by atoms with Crippen LogP contribution in [0.5, 0.6) is 5.75 Å². The van der Waals surface area contributed by atoms with Gasteiger partial charge >= 0.3 is 0 Å². The van der Waals surface area contributed by atoms with Gasteiger partial charge in [0.2, 0.25) is 5.43 Å². The molecular formula is C25H21N3O3S. The number of nitrogens with zero attached hydrogens (tertiary/aromatic N) is 3. The number of piperidine rings is 1. The van der Waals surface area contributed by atoms with Crippen LogP contribution in [0.15, 0.2) is 58.4 Å². The van der Waals surface area contributed by atoms with Gasteiger partial charge in [0.25, 0.3) is 5.91 Å². The first-order valence-corrected chi connectivity index (χ1v) is 12.1. The first kappa shape index (κ1) is 18.4. The van der Waals surface area contributed by atoms with E-state index < -0.39 is 11.2 Å². The van der Waals surface area contributed by atoms with E-state index >= 15 is 0 Å². The lowest BCUT2D eigenvalue weighted by Crippen LogP contribution is -2.63. The maximum absolute atomic E-state index is 13.4. The molecule has 2 aromatic carbocycles. The molecule has 6 nitrogen and oxygen atoms in total. The Balaban J connectivity index is 1.54. The first-order valence-electron chi connectivity index (χ1n) is 11.1. The van der Waals surface area contributed by atoms with Gasteiger partial charge in [-0.1, -0.05) is 30.3 Å². The Kier molecular flexibility index (Phi) is 3.69. The van der Waals surface area contributed by atoms with Gasteiger partial charge in [-0.05, 0) is 47.6 Å². The average Bonchev–Trinajstić information content (AvgIpc) is 3.16. The summed E-state index contributed by atoms with van der Waals surface area (Å²) in [7, 11) is 0. The largest absolute Gasteiger partial charge is 0.502 e. The fourth-order valence-electron chi connectivity index (χ4n) is 5.96. The van der Waals surface area contributed by atoms with Gasteiger partial charge in [-0.25, -0.2) is 0 Å². The van der Waals surface area contributed by atoms with E-state index in [1.54, 1.807) is 10.9 Å². The molecule has 1 aliphatic carbocycles. The summed E-state index contributed by atoms with van der Waals surface area (Å²) in [5.74, 6) is 0.221. The molecule has 0 radical (unpaired) electrons. The van der Waals surface area contributed by atoms with E-state index in [2.05, 4.69) is 41.4 Å². The smallest absolute Gasteiger partial charge is 0.278 e. The van der Waals surface area contributed by atoms with Crippen LogP contribution in [0.1, 0.15) is 52.5 Å². The van der Waals surface area contributed by atoms with Crippen LogP contribution in [0.2, 0.25) is 0 Å². The van der Waals surface area contributed by atoms with E-state index in [0.29, 0.717) is 6.54 Å². The molecule has 3 aliphatic heterocycles. The Morgan fingerprint density at radius 2 is 1.78 bits per heavy atom. The number of fused-ring (bicyclic) bond motifs is 2. The third-order valence-electron chi connectivity index (χ3n) is 7.27. The number of hydrogen-bond donors (Lipinski definition) is 1. The standard InChI is InChI=1S/C25H21N3O3S/c29-17-10-12-27-23(24(17)30)25(31)26-11-2-1-9-19(26)28(27)22-15-6-3-5-14-13-32-18-8-4-7-16(22)21(18)20(14)15/h3-8,10,12,19,22,30H,1-2,9,11,13H2/t19-,22+/m1/s1. The van der Waals surface area contributed by atoms with Crippen LogP contribution >= 0.6 is 11.8 Å². The number of pyridine rings is 1. The zero-order chi connectivity index (χ0) is 21.6. The molecule has 1 aromatic heterocycles. The number of thioether (sulfide) groups is 1. The number of aromatic hydroxyl groups is 1. The van der Waals surface area contributed by atoms with Crippen molar-refractivity contribution in [1.29, 1.82) is 0 Å². The number of carbonyl (C=O) groups excluding carboxylic acids is 1. The molecule has 4 aliphatic rings. The molecule has 0 unspecified atom stereocenters. The molecule has 7 heteroatoms. The number of carbonyl (C=O) groups is 1. The van der Waals surface area contributed by atoms with Gasteiger partial charge < -0.3 is 10.0 Å². The molecule has 32 heavy (non-hydrogen) atoms. The summed E-state index contributed by atoms with van der Waals surface area (Å²) in [6, 6.07) is 14.3. The highest BCUT2D eigenvalue weighted by Gasteiger charge is 2.47. The monoisotopic (exact) mass is 443 g/mol. The minimum absolute atomic E-state index is 0.0715. The highest BCUT2D eigenvalue weighted by Crippen LogP contribution is 2.55. The SMILES string of the molecule is O=C1c2c(O)c(=O)ccn2N([C@H]2c3cccc4c3-c3c(cccc32)SC4)[C@@H]2CCCCN12. The maximum Gasteiger partial charge on any atom is 0.278 e. The summed E-state index contributed by atoms with van der Waals surface area (Å²) in [6.45, 7) is 0.630. The van der Waals surface area contributed by atoms with Crippen molar-refractivity contribution in [2.45, 2.75) is 42.1 Å². The molecule has 0 saturated carbocycles. The molecule has 3 aromatic rings. The second-order valence-corrected chi connectivity index (χ2v) is 9.89. The topological polar surface area (TPSA) is 65.8 Å². The highest BCUT2D eigenvalue weighted by atomic mass is 32.2. The van der Waals surface area contributed by atoms with E-state index in [-0.39, 0.29) is 23.8 Å². The summed E-state index contributed by atoms with van der Waals surface area (Å²) in [6.07, 6.45) is 4.34. The van der Waals surface area contributed by atoms with Crippen molar-refractivity contribution in [3.8, 4) is 16.9 Å². The van der Waals surface area contributed by atoms with Crippen molar-refractivity contribution in [3.63, 3.8) is 0 Å². The van der Waals surface area contributed by atoms with Crippen LogP contribution in [0, 0.1) is 0 Å². The Morgan fingerprint density at radius 1 is 0.969 bits per heavy atom. The molecule has 1 amide bonds. The molecule has 4 heterocycles. The number of hydrogen-bond acceptors (Lipinski definition) is 5. The van der Waals surface area contributed by atoms with E-state index in [0.717, 1.165) is 25.0 Å². The van der Waals surface area contributed by atoms with E-state index in [1.165, 1.54) is 38.8 Å². The van der Waals surface area contributed by atoms with Gasteiger partial charge in [-0.15, -0.1) is 11.8 Å². The number of benzene rings is 2. The maximum atomic E-state index is 13.4. The van der Waals surface area contributed by atoms with Crippen LogP contribution in [0.4, 0.5) is 0 Å². The lowest BCUT2D eigenvalue weighted by atomic mass is 9.98. The summed E-state index contributed by atoms with van der Waals surface area (Å²) < 4.78 is 1.75. The average molecular weight is 444 g/mol. The number of amides is 1. The Morgan fingerprint density at radius 3 is 2.66 bits per heavy atom. The quantitative estimate of drug-likeness (QED) is 0.619. The Labute approximate surface area is 189 Å². The van der Waals surface area contributed by atoms with E-state index in [4.69, 9.17) is 0 Å². The number of aromatic nitrogens is 1. The van der Waals surface area contributed by atoms with Crippen LogP contribution < -0.4 is 10.4 Å². The third kappa shape index (κ3) is 2.21. The summed E-state index contributed by atoms with van der Waals surface area (Å²) in [5.41, 5.74) is 5.95. The minimum Gasteiger partial charge on any atom is -0.502 e. The van der Waals surface area contributed by atoms with Gasteiger partial charge in [-0.3, -0.25) is 19.3 Å². The van der Waals surface area contributed by atoms with Crippen molar-refractivity contribution in [2.24, 2.45) is 0 Å². The lowest BCUT2D eigenvalue weighted by Gasteiger charge is -2.51. The van der Waals surface area contributed by atoms with Crippen molar-refractivity contribution in [2.75, 3.05) is 11.6 Å². The molecule has 160 valence electrons. The van der Waals surface area contributed by atoms with Crippen molar-refractivity contribution < 1.29 is 9.90 Å².